The zero-order valence-corrected chi connectivity index (χ0v) is 20.2. The molecule has 1 aliphatic rings. The van der Waals surface area contributed by atoms with E-state index in [1.165, 1.54) is 11.3 Å². The Morgan fingerprint density at radius 3 is 2.67 bits per heavy atom. The Balaban J connectivity index is 1.54. The van der Waals surface area contributed by atoms with Gasteiger partial charge in [-0.05, 0) is 44.9 Å². The van der Waals surface area contributed by atoms with Crippen molar-refractivity contribution in [2.24, 2.45) is 0 Å². The average molecular weight is 475 g/mol. The number of thiophene rings is 1. The molecule has 33 heavy (non-hydrogen) atoms. The van der Waals surface area contributed by atoms with Gasteiger partial charge in [-0.2, -0.15) is 0 Å². The maximum atomic E-state index is 12.7. The van der Waals surface area contributed by atoms with Crippen molar-refractivity contribution in [2.75, 3.05) is 50.4 Å². The van der Waals surface area contributed by atoms with Gasteiger partial charge in [0.2, 0.25) is 0 Å². The average Bonchev–Trinajstić information content (AvgIpc) is 3.20. The summed E-state index contributed by atoms with van der Waals surface area (Å²) >= 11 is 1.42. The number of urea groups is 1. The minimum Gasteiger partial charge on any atom is -0.396 e. The number of anilines is 2. The summed E-state index contributed by atoms with van der Waals surface area (Å²) in [5.74, 6) is -0.316. The molecule has 3 rings (SSSR count). The van der Waals surface area contributed by atoms with Crippen molar-refractivity contribution in [3.8, 4) is 0 Å². The van der Waals surface area contributed by atoms with Crippen LogP contribution in [0, 0.1) is 0 Å². The second-order valence-electron chi connectivity index (χ2n) is 8.43. The van der Waals surface area contributed by atoms with Gasteiger partial charge in [0.05, 0.1) is 24.6 Å². The summed E-state index contributed by atoms with van der Waals surface area (Å²) in [6, 6.07) is 3.47. The van der Waals surface area contributed by atoms with E-state index in [9.17, 15) is 9.59 Å². The smallest absolute Gasteiger partial charge is 0.317 e. The number of rotatable bonds is 10. The molecule has 9 nitrogen and oxygen atoms in total. The molecular formula is C23H34N6O3S. The van der Waals surface area contributed by atoms with Crippen LogP contribution in [-0.4, -0.2) is 72.2 Å². The summed E-state index contributed by atoms with van der Waals surface area (Å²) < 4.78 is 5.39. The molecule has 10 heteroatoms. The number of nitrogens with one attached hydrogen (secondary N) is 2. The van der Waals surface area contributed by atoms with Crippen LogP contribution in [-0.2, 0) is 11.3 Å². The number of pyridine rings is 1. The third-order valence-corrected chi connectivity index (χ3v) is 6.09. The van der Waals surface area contributed by atoms with Crippen LogP contribution in [0.5, 0.6) is 0 Å². The lowest BCUT2D eigenvalue weighted by Gasteiger charge is -2.27. The van der Waals surface area contributed by atoms with Gasteiger partial charge in [0, 0.05) is 49.2 Å². The molecule has 0 bridgehead atoms. The van der Waals surface area contributed by atoms with Crippen molar-refractivity contribution in [3.05, 3.63) is 40.3 Å². The number of ether oxygens (including phenoxy) is 1. The van der Waals surface area contributed by atoms with Gasteiger partial charge in [-0.1, -0.05) is 6.07 Å². The van der Waals surface area contributed by atoms with Crippen LogP contribution in [0.3, 0.4) is 0 Å². The Kier molecular flexibility index (Phi) is 9.47. The van der Waals surface area contributed by atoms with E-state index in [-0.39, 0.29) is 18.0 Å². The summed E-state index contributed by atoms with van der Waals surface area (Å²) in [7, 11) is 0. The number of carbonyl (C=O) groups is 2. The van der Waals surface area contributed by atoms with Crippen LogP contribution in [0.15, 0.2) is 29.1 Å². The van der Waals surface area contributed by atoms with Crippen LogP contribution >= 0.6 is 11.3 Å². The molecule has 2 aromatic rings. The lowest BCUT2D eigenvalue weighted by molar-refractivity contribution is 0.0369. The molecule has 1 saturated heterocycles. The first-order chi connectivity index (χ1) is 15.9. The van der Waals surface area contributed by atoms with Gasteiger partial charge >= 0.3 is 6.03 Å². The van der Waals surface area contributed by atoms with Crippen LogP contribution in [0.1, 0.15) is 42.7 Å². The maximum absolute atomic E-state index is 12.7. The predicted molar refractivity (Wildman–Crippen MR) is 131 cm³/mol. The van der Waals surface area contributed by atoms with Crippen LogP contribution in [0.25, 0.3) is 0 Å². The fraction of sp³-hybridized carbons (Fsp3) is 0.522. The highest BCUT2D eigenvalue weighted by Gasteiger charge is 2.17. The lowest BCUT2D eigenvalue weighted by Crippen LogP contribution is -2.43. The zero-order valence-electron chi connectivity index (χ0n) is 19.4. The summed E-state index contributed by atoms with van der Waals surface area (Å²) in [6.07, 6.45) is 3.59. The molecule has 0 aromatic carbocycles. The number of aromatic nitrogens is 1. The van der Waals surface area contributed by atoms with Crippen LogP contribution in [0.4, 0.5) is 16.2 Å². The summed E-state index contributed by atoms with van der Waals surface area (Å²) in [6.45, 7) is 9.54. The standard InChI is InChI=1S/C23H34N6O3S/c1-17(2)26-23(31)29(8-4-3-7-28-9-11-32-12-10-28)14-18-5-6-20(25-13-18)22(30)27-21-16-33-15-19(21)24/h5-6,13,15-17H,3-4,7-12,14,24H2,1-2H3,(H,26,31)(H,27,30). The van der Waals surface area contributed by atoms with E-state index in [2.05, 4.69) is 20.5 Å². The van der Waals surface area contributed by atoms with E-state index in [4.69, 9.17) is 10.5 Å². The quantitative estimate of drug-likeness (QED) is 0.456. The first-order valence-corrected chi connectivity index (χ1v) is 12.3. The number of unbranched alkanes of at least 4 members (excludes halogenated alkanes) is 1. The van der Waals surface area contributed by atoms with E-state index in [0.717, 1.165) is 51.3 Å². The van der Waals surface area contributed by atoms with Crippen molar-refractivity contribution in [1.29, 1.82) is 0 Å². The third kappa shape index (κ3) is 7.99. The number of amides is 3. The molecule has 1 fully saturated rings. The van der Waals surface area contributed by atoms with E-state index in [1.54, 1.807) is 23.0 Å². The third-order valence-electron chi connectivity index (χ3n) is 5.33. The van der Waals surface area contributed by atoms with Crippen molar-refractivity contribution < 1.29 is 14.3 Å². The van der Waals surface area contributed by atoms with E-state index < -0.39 is 0 Å². The normalized spacial score (nSPS) is 14.3. The van der Waals surface area contributed by atoms with Crippen LogP contribution < -0.4 is 16.4 Å². The van der Waals surface area contributed by atoms with Gasteiger partial charge in [0.1, 0.15) is 5.69 Å². The monoisotopic (exact) mass is 474 g/mol. The second kappa shape index (κ2) is 12.5. The van der Waals surface area contributed by atoms with Gasteiger partial charge in [-0.15, -0.1) is 11.3 Å². The number of hydrogen-bond acceptors (Lipinski definition) is 7. The number of nitrogens with two attached hydrogens (primary N) is 1. The number of morpholine rings is 1. The number of carbonyl (C=O) groups excluding carboxylic acids is 2. The molecule has 180 valence electrons. The predicted octanol–water partition coefficient (Wildman–Crippen LogP) is 3.01. The molecular weight excluding hydrogens is 440 g/mol. The Morgan fingerprint density at radius 2 is 2.03 bits per heavy atom. The Hall–Kier alpha value is -2.69. The van der Waals surface area contributed by atoms with Gasteiger partial charge in [-0.25, -0.2) is 4.79 Å². The minimum absolute atomic E-state index is 0.0575. The van der Waals surface area contributed by atoms with Gasteiger partial charge in [-0.3, -0.25) is 14.7 Å². The molecule has 0 aliphatic carbocycles. The first-order valence-electron chi connectivity index (χ1n) is 11.4. The molecule has 3 heterocycles. The topological polar surface area (TPSA) is 113 Å². The van der Waals surface area contributed by atoms with Crippen molar-refractivity contribution in [1.82, 2.24) is 20.1 Å². The molecule has 0 unspecified atom stereocenters. The lowest BCUT2D eigenvalue weighted by atomic mass is 10.2. The van der Waals surface area contributed by atoms with Crippen molar-refractivity contribution >= 4 is 34.6 Å². The molecule has 4 N–H and O–H groups in total. The SMILES string of the molecule is CC(C)NC(=O)N(CCCCN1CCOCC1)Cc1ccc(C(=O)Nc2cscc2N)nc1. The molecule has 0 radical (unpaired) electrons. The summed E-state index contributed by atoms with van der Waals surface area (Å²) in [5, 5.41) is 9.29. The minimum atomic E-state index is -0.316. The maximum Gasteiger partial charge on any atom is 0.317 e. The van der Waals surface area contributed by atoms with E-state index in [0.29, 0.717) is 30.2 Å². The van der Waals surface area contributed by atoms with Gasteiger partial charge in [0.15, 0.2) is 0 Å². The Morgan fingerprint density at radius 1 is 1.24 bits per heavy atom. The van der Waals surface area contributed by atoms with Crippen molar-refractivity contribution in [2.45, 2.75) is 39.3 Å². The molecule has 3 amide bonds. The Bertz CT molecular complexity index is 896. The second-order valence-corrected chi connectivity index (χ2v) is 9.18. The highest BCUT2D eigenvalue weighted by atomic mass is 32.1. The highest BCUT2D eigenvalue weighted by molar-refractivity contribution is 7.09. The fourth-order valence-electron chi connectivity index (χ4n) is 3.52. The number of hydrogen-bond donors (Lipinski definition) is 3. The van der Waals surface area contributed by atoms with Gasteiger partial charge in [0.25, 0.3) is 5.91 Å². The van der Waals surface area contributed by atoms with Crippen molar-refractivity contribution in [3.63, 3.8) is 0 Å². The largest absolute Gasteiger partial charge is 0.396 e. The zero-order chi connectivity index (χ0) is 23.6. The van der Waals surface area contributed by atoms with E-state index >= 15 is 0 Å². The van der Waals surface area contributed by atoms with Crippen LogP contribution in [0.2, 0.25) is 0 Å². The molecule has 0 atom stereocenters. The summed E-state index contributed by atoms with van der Waals surface area (Å²) in [5.41, 5.74) is 8.11. The number of nitrogen functional groups attached to an aromatic ring is 1. The summed E-state index contributed by atoms with van der Waals surface area (Å²) in [4.78, 5) is 33.7. The number of nitrogens with zero attached hydrogens (tertiary/aromatic N) is 3. The van der Waals surface area contributed by atoms with E-state index in [1.807, 2.05) is 24.8 Å². The molecule has 1 aliphatic heterocycles. The molecule has 0 saturated carbocycles. The Labute approximate surface area is 199 Å². The highest BCUT2D eigenvalue weighted by Crippen LogP contribution is 2.23. The first kappa shape index (κ1) is 24.9. The molecule has 0 spiro atoms. The van der Waals surface area contributed by atoms with Gasteiger partial charge < -0.3 is 26.0 Å². The fourth-order valence-corrected chi connectivity index (χ4v) is 4.19. The molecule has 2 aromatic heterocycles.